The molecule has 0 atom stereocenters. The van der Waals surface area contributed by atoms with Crippen LogP contribution < -0.4 is 9.47 Å². The summed E-state index contributed by atoms with van der Waals surface area (Å²) in [5.41, 5.74) is 10.7. The van der Waals surface area contributed by atoms with Gasteiger partial charge in [0.2, 0.25) is 11.8 Å². The summed E-state index contributed by atoms with van der Waals surface area (Å²) in [5.74, 6) is 2.72. The lowest BCUT2D eigenvalue weighted by molar-refractivity contribution is 0.392. The molecular weight excluding hydrogens is 653 g/mol. The highest BCUT2D eigenvalue weighted by Gasteiger charge is 2.43. The normalized spacial score (nSPS) is 13.0. The van der Waals surface area contributed by atoms with Crippen LogP contribution in [0.2, 0.25) is 0 Å². The standard InChI is InChI=1S/C47H54N4O2/c1-5-7-9-11-13-19-25-47(26-20-14-12-10-8-6-2)37-29-43(52-45-31-48-39-21-15-17-23-41(39)50-45)33(3)27-35(37)36-28-34(4)44(30-38(36)47)53-46-32-49-40-22-16-18-24-42(40)51-46/h15-18,21-24,27-32H,5-14,19-20,25-26H2,1-4H3. The number of para-hydroxylation sites is 4. The molecule has 274 valence electrons. The van der Waals surface area contributed by atoms with Crippen molar-refractivity contribution in [2.24, 2.45) is 0 Å². The van der Waals surface area contributed by atoms with Crippen molar-refractivity contribution < 1.29 is 9.47 Å². The van der Waals surface area contributed by atoms with Gasteiger partial charge in [0.1, 0.15) is 11.5 Å². The average molecular weight is 707 g/mol. The third kappa shape index (κ3) is 8.07. The van der Waals surface area contributed by atoms with E-state index in [1.54, 1.807) is 12.4 Å². The first kappa shape index (κ1) is 36.5. The number of ether oxygens (including phenoxy) is 2. The maximum Gasteiger partial charge on any atom is 0.238 e. The summed E-state index contributed by atoms with van der Waals surface area (Å²) in [6, 6.07) is 25.2. The Balaban J connectivity index is 1.29. The summed E-state index contributed by atoms with van der Waals surface area (Å²) in [6.07, 6.45) is 20.8. The Morgan fingerprint density at radius 3 is 1.32 bits per heavy atom. The number of aromatic nitrogens is 4. The first-order valence-corrected chi connectivity index (χ1v) is 20.1. The van der Waals surface area contributed by atoms with Gasteiger partial charge < -0.3 is 9.47 Å². The molecule has 1 aliphatic rings. The third-order valence-electron chi connectivity index (χ3n) is 11.1. The number of rotatable bonds is 18. The molecule has 0 amide bonds. The number of nitrogens with zero attached hydrogens (tertiary/aromatic N) is 4. The molecule has 1 aliphatic carbocycles. The van der Waals surface area contributed by atoms with Crippen molar-refractivity contribution in [1.29, 1.82) is 0 Å². The molecule has 0 saturated carbocycles. The van der Waals surface area contributed by atoms with Crippen LogP contribution in [0.3, 0.4) is 0 Å². The molecule has 0 saturated heterocycles. The Kier molecular flexibility index (Phi) is 11.6. The molecule has 0 aliphatic heterocycles. The van der Waals surface area contributed by atoms with Gasteiger partial charge in [-0.3, -0.25) is 0 Å². The molecule has 2 heterocycles. The van der Waals surface area contributed by atoms with E-state index in [9.17, 15) is 0 Å². The zero-order valence-electron chi connectivity index (χ0n) is 32.1. The average Bonchev–Trinajstić information content (AvgIpc) is 3.41. The van der Waals surface area contributed by atoms with Gasteiger partial charge in [-0.2, -0.15) is 0 Å². The molecule has 0 unspecified atom stereocenters. The largest absolute Gasteiger partial charge is 0.437 e. The zero-order valence-corrected chi connectivity index (χ0v) is 32.1. The van der Waals surface area contributed by atoms with Crippen molar-refractivity contribution in [2.45, 2.75) is 123 Å². The highest BCUT2D eigenvalue weighted by Crippen LogP contribution is 2.57. The second-order valence-electron chi connectivity index (χ2n) is 15.0. The summed E-state index contributed by atoms with van der Waals surface area (Å²) in [7, 11) is 0. The Hall–Kier alpha value is -4.84. The quantitative estimate of drug-likeness (QED) is 0.0829. The summed E-state index contributed by atoms with van der Waals surface area (Å²) >= 11 is 0. The van der Waals surface area contributed by atoms with Crippen LogP contribution in [0.5, 0.6) is 23.3 Å². The highest BCUT2D eigenvalue weighted by atomic mass is 16.5. The lowest BCUT2D eigenvalue weighted by Gasteiger charge is -2.33. The molecule has 0 bridgehead atoms. The van der Waals surface area contributed by atoms with Gasteiger partial charge in [-0.05, 0) is 109 Å². The zero-order chi connectivity index (χ0) is 36.6. The van der Waals surface area contributed by atoms with Crippen molar-refractivity contribution in [1.82, 2.24) is 19.9 Å². The maximum absolute atomic E-state index is 6.62. The number of fused-ring (bicyclic) bond motifs is 5. The van der Waals surface area contributed by atoms with Crippen molar-refractivity contribution in [3.63, 3.8) is 0 Å². The van der Waals surface area contributed by atoms with Crippen LogP contribution >= 0.6 is 0 Å². The lowest BCUT2D eigenvalue weighted by Crippen LogP contribution is -2.26. The monoisotopic (exact) mass is 706 g/mol. The van der Waals surface area contributed by atoms with Crippen LogP contribution in [0, 0.1) is 13.8 Å². The van der Waals surface area contributed by atoms with Crippen LogP contribution in [0.4, 0.5) is 0 Å². The summed E-state index contributed by atoms with van der Waals surface area (Å²) in [4.78, 5) is 18.9. The molecule has 4 aromatic carbocycles. The third-order valence-corrected chi connectivity index (χ3v) is 11.1. The fourth-order valence-corrected chi connectivity index (χ4v) is 8.26. The van der Waals surface area contributed by atoms with Gasteiger partial charge in [0, 0.05) is 5.41 Å². The molecule has 53 heavy (non-hydrogen) atoms. The molecular formula is C47H54N4O2. The van der Waals surface area contributed by atoms with Crippen molar-refractivity contribution >= 4 is 22.1 Å². The topological polar surface area (TPSA) is 70.0 Å². The second-order valence-corrected chi connectivity index (χ2v) is 15.0. The molecule has 0 fully saturated rings. The molecule has 7 rings (SSSR count). The minimum atomic E-state index is -0.165. The second kappa shape index (κ2) is 16.9. The molecule has 6 nitrogen and oxygen atoms in total. The van der Waals surface area contributed by atoms with Crippen LogP contribution in [0.25, 0.3) is 33.2 Å². The first-order chi connectivity index (χ1) is 26.0. The van der Waals surface area contributed by atoms with Crippen LogP contribution in [-0.2, 0) is 5.41 Å². The van der Waals surface area contributed by atoms with Crippen molar-refractivity contribution in [3.05, 3.63) is 107 Å². The van der Waals surface area contributed by atoms with E-state index in [-0.39, 0.29) is 5.41 Å². The van der Waals surface area contributed by atoms with Crippen molar-refractivity contribution in [2.75, 3.05) is 0 Å². The van der Waals surface area contributed by atoms with Gasteiger partial charge in [-0.25, -0.2) is 19.9 Å². The van der Waals surface area contributed by atoms with Gasteiger partial charge >= 0.3 is 0 Å². The van der Waals surface area contributed by atoms with E-state index in [0.29, 0.717) is 11.8 Å². The Morgan fingerprint density at radius 2 is 0.887 bits per heavy atom. The van der Waals surface area contributed by atoms with E-state index in [4.69, 9.17) is 19.4 Å². The predicted molar refractivity (Wildman–Crippen MR) is 217 cm³/mol. The highest BCUT2D eigenvalue weighted by molar-refractivity contribution is 5.84. The fourth-order valence-electron chi connectivity index (χ4n) is 8.26. The smallest absolute Gasteiger partial charge is 0.238 e. The molecule has 0 radical (unpaired) electrons. The number of unbranched alkanes of at least 4 members (excludes halogenated alkanes) is 10. The van der Waals surface area contributed by atoms with Gasteiger partial charge in [0.15, 0.2) is 0 Å². The number of aryl methyl sites for hydroxylation is 2. The summed E-state index contributed by atoms with van der Waals surface area (Å²) in [5, 5.41) is 0. The predicted octanol–water partition coefficient (Wildman–Crippen LogP) is 13.5. The number of hydrogen-bond donors (Lipinski definition) is 0. The van der Waals surface area contributed by atoms with Crippen LogP contribution in [0.1, 0.15) is 126 Å². The molecule has 2 aromatic heterocycles. The van der Waals surface area contributed by atoms with E-state index < -0.39 is 0 Å². The SMILES string of the molecule is CCCCCCCCC1(CCCCCCCC)c2cc(Oc3cnc4ccccc4n3)c(C)cc2-c2cc(C)c(Oc3cnc4ccccc4n3)cc21. The first-order valence-electron chi connectivity index (χ1n) is 20.1. The van der Waals surface area contributed by atoms with Gasteiger partial charge in [-0.1, -0.05) is 115 Å². The molecule has 6 heteroatoms. The minimum absolute atomic E-state index is 0.165. The molecule has 6 aromatic rings. The maximum atomic E-state index is 6.62. The number of hydrogen-bond acceptors (Lipinski definition) is 6. The van der Waals surface area contributed by atoms with Crippen LogP contribution in [-0.4, -0.2) is 19.9 Å². The lowest BCUT2D eigenvalue weighted by atomic mass is 9.70. The summed E-state index contributed by atoms with van der Waals surface area (Å²) < 4.78 is 13.2. The molecule has 0 spiro atoms. The van der Waals surface area contributed by atoms with Gasteiger partial charge in [0.25, 0.3) is 0 Å². The van der Waals surface area contributed by atoms with E-state index >= 15 is 0 Å². The summed E-state index contributed by atoms with van der Waals surface area (Å²) in [6.45, 7) is 8.87. The van der Waals surface area contributed by atoms with E-state index in [1.807, 2.05) is 48.5 Å². The Bertz CT molecular complexity index is 2020. The van der Waals surface area contributed by atoms with E-state index in [0.717, 1.165) is 57.5 Å². The number of benzene rings is 4. The fraction of sp³-hybridized carbons (Fsp3) is 0.404. The minimum Gasteiger partial charge on any atom is -0.437 e. The Morgan fingerprint density at radius 1 is 0.491 bits per heavy atom. The van der Waals surface area contributed by atoms with Crippen LogP contribution in [0.15, 0.2) is 85.2 Å². The van der Waals surface area contributed by atoms with Gasteiger partial charge in [0.05, 0.1) is 34.5 Å². The Labute approximate surface area is 315 Å². The van der Waals surface area contributed by atoms with Gasteiger partial charge in [-0.15, -0.1) is 0 Å². The molecule has 0 N–H and O–H groups in total. The van der Waals surface area contributed by atoms with E-state index in [1.165, 1.54) is 99.3 Å². The van der Waals surface area contributed by atoms with E-state index in [2.05, 4.69) is 61.9 Å². The van der Waals surface area contributed by atoms with Crippen molar-refractivity contribution in [3.8, 4) is 34.4 Å².